The maximum atomic E-state index is 12.8. The first kappa shape index (κ1) is 17.4. The van der Waals surface area contributed by atoms with Gasteiger partial charge in [0, 0.05) is 31.4 Å². The molecule has 0 unspecified atom stereocenters. The van der Waals surface area contributed by atoms with Crippen molar-refractivity contribution >= 4 is 6.03 Å². The quantitative estimate of drug-likeness (QED) is 0.898. The lowest BCUT2D eigenvalue weighted by Crippen LogP contribution is -2.47. The molecular formula is C17H26N6O2. The van der Waals surface area contributed by atoms with Crippen LogP contribution in [0.4, 0.5) is 4.79 Å². The van der Waals surface area contributed by atoms with Gasteiger partial charge in [-0.15, -0.1) is 5.10 Å². The highest BCUT2D eigenvalue weighted by Gasteiger charge is 2.27. The molecule has 1 fully saturated rings. The number of hydrogen-bond donors (Lipinski definition) is 1. The third kappa shape index (κ3) is 4.00. The van der Waals surface area contributed by atoms with Crippen molar-refractivity contribution in [1.29, 1.82) is 0 Å². The summed E-state index contributed by atoms with van der Waals surface area (Å²) in [5.41, 5.74) is 1.83. The van der Waals surface area contributed by atoms with Crippen molar-refractivity contribution in [1.82, 2.24) is 30.4 Å². The molecule has 0 saturated carbocycles. The zero-order valence-corrected chi connectivity index (χ0v) is 15.1. The molecule has 1 N–H and O–H groups in total. The lowest BCUT2D eigenvalue weighted by molar-refractivity contribution is 0.154. The minimum atomic E-state index is -0.0746. The minimum Gasteiger partial charge on any atom is -0.361 e. The SMILES string of the molecule is CC[C@@H](NC(=O)N1CCC[C@H](Cn2ccnn2)C1)c1c(C)noc1C. The van der Waals surface area contributed by atoms with Gasteiger partial charge in [0.1, 0.15) is 5.76 Å². The number of carbonyl (C=O) groups is 1. The number of likely N-dealkylation sites (tertiary alicyclic amines) is 1. The second-order valence-corrected chi connectivity index (χ2v) is 6.73. The summed E-state index contributed by atoms with van der Waals surface area (Å²) in [6, 6.07) is -0.0930. The number of amides is 2. The Balaban J connectivity index is 1.61. The van der Waals surface area contributed by atoms with E-state index in [4.69, 9.17) is 4.52 Å². The third-order valence-electron chi connectivity index (χ3n) is 4.87. The van der Waals surface area contributed by atoms with Crippen LogP contribution in [0, 0.1) is 19.8 Å². The Morgan fingerprint density at radius 1 is 1.48 bits per heavy atom. The summed E-state index contributed by atoms with van der Waals surface area (Å²) < 4.78 is 7.09. The Morgan fingerprint density at radius 3 is 2.96 bits per heavy atom. The van der Waals surface area contributed by atoms with Crippen LogP contribution >= 0.6 is 0 Å². The summed E-state index contributed by atoms with van der Waals surface area (Å²) in [6.45, 7) is 8.18. The number of aryl methyl sites for hydroxylation is 2. The summed E-state index contributed by atoms with van der Waals surface area (Å²) >= 11 is 0. The van der Waals surface area contributed by atoms with Crippen LogP contribution in [0.2, 0.25) is 0 Å². The van der Waals surface area contributed by atoms with Gasteiger partial charge >= 0.3 is 6.03 Å². The van der Waals surface area contributed by atoms with Crippen molar-refractivity contribution < 1.29 is 9.32 Å². The maximum Gasteiger partial charge on any atom is 0.317 e. The summed E-state index contributed by atoms with van der Waals surface area (Å²) in [5, 5.41) is 15.0. The van der Waals surface area contributed by atoms with Gasteiger partial charge < -0.3 is 14.7 Å². The molecule has 0 bridgehead atoms. The zero-order valence-electron chi connectivity index (χ0n) is 15.1. The summed E-state index contributed by atoms with van der Waals surface area (Å²) in [5.74, 6) is 1.17. The minimum absolute atomic E-state index is 0.0184. The van der Waals surface area contributed by atoms with E-state index >= 15 is 0 Å². The first-order valence-corrected chi connectivity index (χ1v) is 8.90. The molecule has 3 rings (SSSR count). The average molecular weight is 346 g/mol. The Hall–Kier alpha value is -2.38. The standard InChI is InChI=1S/C17H26N6O2/c1-4-15(16-12(2)20-25-13(16)3)19-17(24)22-8-5-6-14(10-22)11-23-9-7-18-21-23/h7,9,14-15H,4-6,8,10-11H2,1-3H3,(H,19,24)/t14-,15+/m0/s1. The number of piperidine rings is 1. The number of nitrogens with zero attached hydrogens (tertiary/aromatic N) is 5. The third-order valence-corrected chi connectivity index (χ3v) is 4.87. The molecule has 1 saturated heterocycles. The largest absolute Gasteiger partial charge is 0.361 e. The molecule has 2 atom stereocenters. The van der Waals surface area contributed by atoms with Crippen molar-refractivity contribution in [2.24, 2.45) is 5.92 Å². The molecule has 2 amide bonds. The van der Waals surface area contributed by atoms with E-state index in [2.05, 4.69) is 27.7 Å². The van der Waals surface area contributed by atoms with E-state index in [-0.39, 0.29) is 12.1 Å². The number of carbonyl (C=O) groups excluding carboxylic acids is 1. The molecule has 0 aliphatic carbocycles. The molecule has 2 aromatic heterocycles. The fraction of sp³-hybridized carbons (Fsp3) is 0.647. The van der Waals surface area contributed by atoms with Crippen LogP contribution in [0.3, 0.4) is 0 Å². The fourth-order valence-corrected chi connectivity index (χ4v) is 3.60. The second kappa shape index (κ2) is 7.67. The summed E-state index contributed by atoms with van der Waals surface area (Å²) in [4.78, 5) is 14.7. The van der Waals surface area contributed by atoms with Crippen molar-refractivity contribution in [3.63, 3.8) is 0 Å². The molecule has 8 heteroatoms. The van der Waals surface area contributed by atoms with E-state index in [1.54, 1.807) is 6.20 Å². The molecule has 8 nitrogen and oxygen atoms in total. The van der Waals surface area contributed by atoms with Crippen LogP contribution in [0.5, 0.6) is 0 Å². The molecule has 0 spiro atoms. The molecule has 0 radical (unpaired) electrons. The van der Waals surface area contributed by atoms with Crippen LogP contribution in [-0.2, 0) is 6.54 Å². The van der Waals surface area contributed by atoms with E-state index in [0.717, 1.165) is 55.9 Å². The monoisotopic (exact) mass is 346 g/mol. The Bertz CT molecular complexity index is 677. The normalized spacial score (nSPS) is 19.0. The van der Waals surface area contributed by atoms with E-state index in [1.165, 1.54) is 0 Å². The predicted molar refractivity (Wildman–Crippen MR) is 91.9 cm³/mol. The molecule has 136 valence electrons. The summed E-state index contributed by atoms with van der Waals surface area (Å²) in [7, 11) is 0. The maximum absolute atomic E-state index is 12.8. The van der Waals surface area contributed by atoms with Gasteiger partial charge in [-0.2, -0.15) is 0 Å². The second-order valence-electron chi connectivity index (χ2n) is 6.73. The highest BCUT2D eigenvalue weighted by Crippen LogP contribution is 2.25. The first-order valence-electron chi connectivity index (χ1n) is 8.90. The lowest BCUT2D eigenvalue weighted by Gasteiger charge is -2.33. The Kier molecular flexibility index (Phi) is 5.35. The van der Waals surface area contributed by atoms with E-state index in [9.17, 15) is 4.79 Å². The van der Waals surface area contributed by atoms with E-state index < -0.39 is 0 Å². The van der Waals surface area contributed by atoms with Crippen molar-refractivity contribution in [2.45, 2.75) is 52.6 Å². The average Bonchev–Trinajstić information content (AvgIpc) is 3.23. The number of rotatable bonds is 5. The molecule has 1 aliphatic heterocycles. The van der Waals surface area contributed by atoms with Crippen molar-refractivity contribution in [3.8, 4) is 0 Å². The van der Waals surface area contributed by atoms with Crippen LogP contribution in [0.25, 0.3) is 0 Å². The predicted octanol–water partition coefficient (Wildman–Crippen LogP) is 2.46. The number of urea groups is 1. The molecular weight excluding hydrogens is 320 g/mol. The highest BCUT2D eigenvalue weighted by atomic mass is 16.5. The molecule has 25 heavy (non-hydrogen) atoms. The number of aromatic nitrogens is 4. The highest BCUT2D eigenvalue weighted by molar-refractivity contribution is 5.75. The molecule has 3 heterocycles. The zero-order chi connectivity index (χ0) is 17.8. The first-order chi connectivity index (χ1) is 12.1. The molecule has 0 aromatic carbocycles. The number of nitrogens with one attached hydrogen (secondary N) is 1. The molecule has 1 aliphatic rings. The van der Waals surface area contributed by atoms with Crippen molar-refractivity contribution in [3.05, 3.63) is 29.4 Å². The van der Waals surface area contributed by atoms with Gasteiger partial charge in [-0.1, -0.05) is 17.3 Å². The van der Waals surface area contributed by atoms with Gasteiger partial charge in [0.05, 0.1) is 17.9 Å². The van der Waals surface area contributed by atoms with Gasteiger partial charge in [-0.05, 0) is 39.0 Å². The van der Waals surface area contributed by atoms with Crippen LogP contribution in [-0.4, -0.2) is 44.2 Å². The van der Waals surface area contributed by atoms with Gasteiger partial charge in [-0.25, -0.2) is 4.79 Å². The van der Waals surface area contributed by atoms with Gasteiger partial charge in [-0.3, -0.25) is 4.68 Å². The van der Waals surface area contributed by atoms with Gasteiger partial charge in [0.2, 0.25) is 0 Å². The smallest absolute Gasteiger partial charge is 0.317 e. The molecule has 2 aromatic rings. The fourth-order valence-electron chi connectivity index (χ4n) is 3.60. The van der Waals surface area contributed by atoms with E-state index in [0.29, 0.717) is 5.92 Å². The Morgan fingerprint density at radius 2 is 2.32 bits per heavy atom. The lowest BCUT2D eigenvalue weighted by atomic mass is 9.98. The van der Waals surface area contributed by atoms with Crippen LogP contribution in [0.1, 0.15) is 49.2 Å². The van der Waals surface area contributed by atoms with Crippen LogP contribution < -0.4 is 5.32 Å². The Labute approximate surface area is 147 Å². The van der Waals surface area contributed by atoms with Crippen molar-refractivity contribution in [2.75, 3.05) is 13.1 Å². The van der Waals surface area contributed by atoms with E-state index in [1.807, 2.05) is 29.6 Å². The van der Waals surface area contributed by atoms with Gasteiger partial charge in [0.25, 0.3) is 0 Å². The summed E-state index contributed by atoms with van der Waals surface area (Å²) in [6.07, 6.45) is 6.46. The topological polar surface area (TPSA) is 89.1 Å². The van der Waals surface area contributed by atoms with Gasteiger partial charge in [0.15, 0.2) is 0 Å². The van der Waals surface area contributed by atoms with Crippen LogP contribution in [0.15, 0.2) is 16.9 Å². The number of hydrogen-bond acceptors (Lipinski definition) is 5.